The summed E-state index contributed by atoms with van der Waals surface area (Å²) in [6, 6.07) is 0. The summed E-state index contributed by atoms with van der Waals surface area (Å²) in [4.78, 5) is 25.2. The van der Waals surface area contributed by atoms with Gasteiger partial charge in [-0.15, -0.1) is 0 Å². The molecule has 2 aliphatic rings. The summed E-state index contributed by atoms with van der Waals surface area (Å²) in [5, 5.41) is 11.2. The van der Waals surface area contributed by atoms with E-state index in [0.717, 1.165) is 32.1 Å². The van der Waals surface area contributed by atoms with E-state index in [0.29, 0.717) is 16.9 Å². The minimum atomic E-state index is -1.49. The second kappa shape index (κ2) is 8.70. The lowest BCUT2D eigenvalue weighted by Crippen LogP contribution is -2.29. The van der Waals surface area contributed by atoms with Crippen molar-refractivity contribution in [2.45, 2.75) is 65.4 Å². The van der Waals surface area contributed by atoms with Crippen LogP contribution in [0.4, 0.5) is 0 Å². The van der Waals surface area contributed by atoms with Crippen molar-refractivity contribution >= 4 is 11.8 Å². The molecule has 0 spiro atoms. The van der Waals surface area contributed by atoms with Crippen molar-refractivity contribution in [2.24, 2.45) is 5.92 Å². The van der Waals surface area contributed by atoms with E-state index < -0.39 is 11.6 Å². The summed E-state index contributed by atoms with van der Waals surface area (Å²) in [7, 11) is 1.29. The molecule has 2 rings (SSSR count). The summed E-state index contributed by atoms with van der Waals surface area (Å²) in [5.41, 5.74) is 0.0538. The fourth-order valence-electron chi connectivity index (χ4n) is 3.71. The fourth-order valence-corrected chi connectivity index (χ4v) is 3.71. The molecule has 1 heterocycles. The lowest BCUT2D eigenvalue weighted by Gasteiger charge is -2.25. The maximum atomic E-state index is 12.8. The minimum Gasteiger partial charge on any atom is -0.469 e. The highest BCUT2D eigenvalue weighted by atomic mass is 16.5. The Hall–Kier alpha value is -2.14. The molecule has 1 N–H and O–H groups in total. The second-order valence-corrected chi connectivity index (χ2v) is 7.42. The van der Waals surface area contributed by atoms with Crippen molar-refractivity contribution in [2.75, 3.05) is 7.11 Å². The molecule has 1 aliphatic heterocycles. The number of allylic oxidation sites excluding steroid dienone is 3. The number of carbonyl (C=O) groups is 2. The van der Waals surface area contributed by atoms with Crippen LogP contribution in [-0.4, -0.2) is 29.6 Å². The number of rotatable bonds is 8. The monoisotopic (exact) mass is 374 g/mol. The number of ketones is 1. The molecule has 5 nitrogen and oxygen atoms in total. The Kier molecular flexibility index (Phi) is 6.82. The van der Waals surface area contributed by atoms with E-state index in [1.807, 2.05) is 6.92 Å². The number of ether oxygens (including phenoxy) is 2. The number of hydrogen-bond acceptors (Lipinski definition) is 5. The van der Waals surface area contributed by atoms with Gasteiger partial charge in [-0.05, 0) is 32.4 Å². The highest BCUT2D eigenvalue weighted by molar-refractivity contribution is 6.03. The SMILES string of the molecule is CCCCCC[C@H](C)C(=O)/C=C1\C(C(=O)OC)=C2C=COC(C)=C2[C@]1(C)O. The van der Waals surface area contributed by atoms with Crippen molar-refractivity contribution < 1.29 is 24.2 Å². The number of fused-ring (bicyclic) bond motifs is 1. The molecule has 1 aliphatic carbocycles. The lowest BCUT2D eigenvalue weighted by atomic mass is 9.87. The zero-order chi connectivity index (χ0) is 20.2. The molecule has 0 radical (unpaired) electrons. The predicted octanol–water partition coefficient (Wildman–Crippen LogP) is 4.14. The molecule has 0 unspecified atom stereocenters. The van der Waals surface area contributed by atoms with Crippen LogP contribution in [0.2, 0.25) is 0 Å². The molecule has 2 atom stereocenters. The first-order chi connectivity index (χ1) is 12.8. The van der Waals surface area contributed by atoms with Crippen LogP contribution >= 0.6 is 0 Å². The maximum Gasteiger partial charge on any atom is 0.338 e. The Morgan fingerprint density at radius 1 is 1.33 bits per heavy atom. The number of esters is 1. The average molecular weight is 374 g/mol. The van der Waals surface area contributed by atoms with Gasteiger partial charge < -0.3 is 14.6 Å². The van der Waals surface area contributed by atoms with E-state index in [4.69, 9.17) is 9.47 Å². The van der Waals surface area contributed by atoms with Crippen molar-refractivity contribution in [3.05, 3.63) is 46.5 Å². The largest absolute Gasteiger partial charge is 0.469 e. The van der Waals surface area contributed by atoms with Crippen molar-refractivity contribution in [1.82, 2.24) is 0 Å². The van der Waals surface area contributed by atoms with Crippen LogP contribution < -0.4 is 0 Å². The van der Waals surface area contributed by atoms with Gasteiger partial charge in [0, 0.05) is 22.6 Å². The fraction of sp³-hybridized carbons (Fsp3) is 0.545. The molecule has 0 aromatic heterocycles. The minimum absolute atomic E-state index is 0.0921. The first kappa shape index (κ1) is 21.2. The van der Waals surface area contributed by atoms with E-state index in [1.54, 1.807) is 19.9 Å². The topological polar surface area (TPSA) is 72.8 Å². The Morgan fingerprint density at radius 3 is 2.67 bits per heavy atom. The third kappa shape index (κ3) is 4.24. The molecule has 0 bridgehead atoms. The van der Waals surface area contributed by atoms with E-state index in [2.05, 4.69) is 6.92 Å². The highest BCUT2D eigenvalue weighted by Gasteiger charge is 2.47. The summed E-state index contributed by atoms with van der Waals surface area (Å²) in [6.45, 7) is 7.34. The van der Waals surface area contributed by atoms with Crippen molar-refractivity contribution in [1.29, 1.82) is 0 Å². The predicted molar refractivity (Wildman–Crippen MR) is 104 cm³/mol. The Balaban J connectivity index is 2.38. The number of aliphatic hydroxyl groups is 1. The van der Waals surface area contributed by atoms with Gasteiger partial charge in [-0.25, -0.2) is 4.79 Å². The van der Waals surface area contributed by atoms with E-state index in [-0.39, 0.29) is 22.8 Å². The lowest BCUT2D eigenvalue weighted by molar-refractivity contribution is -0.135. The molecule has 0 saturated carbocycles. The molecule has 148 valence electrons. The Bertz CT molecular complexity index is 734. The highest BCUT2D eigenvalue weighted by Crippen LogP contribution is 2.48. The number of methoxy groups -OCH3 is 1. The van der Waals surface area contributed by atoms with Crippen LogP contribution in [0.5, 0.6) is 0 Å². The molecule has 0 fully saturated rings. The Labute approximate surface area is 161 Å². The third-order valence-electron chi connectivity index (χ3n) is 5.30. The van der Waals surface area contributed by atoms with Gasteiger partial charge in [0.05, 0.1) is 18.9 Å². The zero-order valence-electron chi connectivity index (χ0n) is 16.9. The standard InChI is InChI=1S/C22H30O5/c1-6-7-8-9-10-14(2)18(23)13-17-19(21(24)26-5)16-11-12-27-15(3)20(16)22(17,4)25/h11-14,25H,6-10H2,1-5H3/b17-13+/t14-,22+/m0/s1. The number of hydrogen-bond donors (Lipinski definition) is 1. The van der Waals surface area contributed by atoms with E-state index >= 15 is 0 Å². The smallest absolute Gasteiger partial charge is 0.338 e. The van der Waals surface area contributed by atoms with Gasteiger partial charge in [0.25, 0.3) is 0 Å². The van der Waals surface area contributed by atoms with Crippen LogP contribution in [0.15, 0.2) is 46.5 Å². The summed E-state index contributed by atoms with van der Waals surface area (Å²) in [5.74, 6) is -0.333. The maximum absolute atomic E-state index is 12.8. The van der Waals surface area contributed by atoms with Gasteiger partial charge in [-0.2, -0.15) is 0 Å². The van der Waals surface area contributed by atoms with Gasteiger partial charge in [0.15, 0.2) is 5.78 Å². The van der Waals surface area contributed by atoms with Gasteiger partial charge in [0.1, 0.15) is 11.4 Å². The van der Waals surface area contributed by atoms with Gasteiger partial charge >= 0.3 is 5.97 Å². The summed E-state index contributed by atoms with van der Waals surface area (Å²) < 4.78 is 10.3. The molecular formula is C22H30O5. The van der Waals surface area contributed by atoms with Gasteiger partial charge in [-0.1, -0.05) is 39.5 Å². The summed E-state index contributed by atoms with van der Waals surface area (Å²) >= 11 is 0. The van der Waals surface area contributed by atoms with Crippen LogP contribution in [0.1, 0.15) is 59.8 Å². The number of carbonyl (C=O) groups excluding carboxylic acids is 2. The third-order valence-corrected chi connectivity index (χ3v) is 5.30. The van der Waals surface area contributed by atoms with Gasteiger partial charge in [-0.3, -0.25) is 4.79 Å². The molecular weight excluding hydrogens is 344 g/mol. The number of unbranched alkanes of at least 4 members (excludes halogenated alkanes) is 3. The van der Waals surface area contributed by atoms with E-state index in [9.17, 15) is 14.7 Å². The van der Waals surface area contributed by atoms with Crippen molar-refractivity contribution in [3.8, 4) is 0 Å². The van der Waals surface area contributed by atoms with Gasteiger partial charge in [0.2, 0.25) is 0 Å². The normalized spacial score (nSPS) is 24.1. The molecule has 0 aromatic rings. The Morgan fingerprint density at radius 2 is 2.04 bits per heavy atom. The van der Waals surface area contributed by atoms with Crippen LogP contribution in [-0.2, 0) is 19.1 Å². The molecule has 27 heavy (non-hydrogen) atoms. The van der Waals surface area contributed by atoms with Crippen LogP contribution in [0, 0.1) is 5.92 Å². The quantitative estimate of drug-likeness (QED) is 0.393. The van der Waals surface area contributed by atoms with Crippen LogP contribution in [0.3, 0.4) is 0 Å². The molecule has 0 saturated heterocycles. The first-order valence-corrected chi connectivity index (χ1v) is 9.61. The first-order valence-electron chi connectivity index (χ1n) is 9.61. The van der Waals surface area contributed by atoms with E-state index in [1.165, 1.54) is 19.4 Å². The second-order valence-electron chi connectivity index (χ2n) is 7.42. The molecule has 5 heteroatoms. The van der Waals surface area contributed by atoms with Crippen molar-refractivity contribution in [3.63, 3.8) is 0 Å². The molecule has 0 aromatic carbocycles. The molecule has 0 amide bonds. The van der Waals surface area contributed by atoms with Crippen LogP contribution in [0.25, 0.3) is 0 Å². The zero-order valence-corrected chi connectivity index (χ0v) is 16.9. The summed E-state index contributed by atoms with van der Waals surface area (Å²) in [6.07, 6.45) is 9.71. The average Bonchev–Trinajstić information content (AvgIpc) is 2.86.